The van der Waals surface area contributed by atoms with Gasteiger partial charge >= 0.3 is 156 Å². The van der Waals surface area contributed by atoms with Crippen LogP contribution in [0.15, 0.2) is 24.3 Å². The van der Waals surface area contributed by atoms with Gasteiger partial charge in [0.1, 0.15) is 0 Å². The van der Waals surface area contributed by atoms with Crippen molar-refractivity contribution in [1.29, 1.82) is 0 Å². The van der Waals surface area contributed by atoms with Gasteiger partial charge in [0.15, 0.2) is 0 Å². The van der Waals surface area contributed by atoms with Gasteiger partial charge in [-0.2, -0.15) is 0 Å². The number of aromatic amines is 1. The fourth-order valence-corrected chi connectivity index (χ4v) is 5.35. The third-order valence-corrected chi connectivity index (χ3v) is 6.70. The first-order chi connectivity index (χ1) is 12.0. The number of aromatic nitrogens is 1. The van der Waals surface area contributed by atoms with Gasteiger partial charge in [-0.25, -0.2) is 0 Å². The summed E-state index contributed by atoms with van der Waals surface area (Å²) in [5.41, 5.74) is 1.80. The molecule has 3 aromatic rings. The number of benzene rings is 2. The number of hydrogen-bond acceptors (Lipinski definition) is 3. The number of halogens is 2. The second kappa shape index (κ2) is 7.16. The van der Waals surface area contributed by atoms with E-state index in [0.29, 0.717) is 17.2 Å². The molecule has 0 saturated carbocycles. The number of hydrogen-bond donors (Lipinski definition) is 1. The zero-order chi connectivity index (χ0) is 18.1. The number of H-pyrrole nitrogens is 1. The molecule has 0 bridgehead atoms. The number of methoxy groups -OCH3 is 3. The molecule has 0 aliphatic carbocycles. The third-order valence-electron chi connectivity index (χ3n) is 3.84. The fourth-order valence-electron chi connectivity index (χ4n) is 2.68. The molecule has 3 rings (SSSR count). The van der Waals surface area contributed by atoms with Gasteiger partial charge in [0, 0.05) is 0 Å². The molecule has 0 radical (unpaired) electrons. The molecule has 0 aliphatic heterocycles. The van der Waals surface area contributed by atoms with Crippen molar-refractivity contribution in [3.05, 3.63) is 40.8 Å². The van der Waals surface area contributed by atoms with E-state index in [1.165, 1.54) is 6.07 Å². The molecule has 4 nitrogen and oxygen atoms in total. The van der Waals surface area contributed by atoms with Crippen molar-refractivity contribution in [2.24, 2.45) is 0 Å². The maximum atomic E-state index is 13.9. The number of ether oxygens (including phenoxy) is 3. The topological polar surface area (TPSA) is 43.5 Å². The molecule has 0 amide bonds. The van der Waals surface area contributed by atoms with Crippen LogP contribution in [-0.4, -0.2) is 41.3 Å². The van der Waals surface area contributed by atoms with Crippen LogP contribution in [0.5, 0.6) is 17.2 Å². The van der Waals surface area contributed by atoms with Crippen molar-refractivity contribution in [2.75, 3.05) is 21.3 Å². The zero-order valence-corrected chi connectivity index (χ0v) is 16.7. The molecule has 0 aliphatic rings. The monoisotopic (exact) mass is 429 g/mol. The Morgan fingerprint density at radius 2 is 1.68 bits per heavy atom. The number of fused-ring (bicyclic) bond motifs is 1. The van der Waals surface area contributed by atoms with Crippen LogP contribution in [0.2, 0.25) is 5.02 Å². The first-order valence-corrected chi connectivity index (χ1v) is 9.53. The minimum absolute atomic E-state index is 0.132. The van der Waals surface area contributed by atoms with Crippen LogP contribution in [0.4, 0.5) is 4.39 Å². The van der Waals surface area contributed by atoms with E-state index in [9.17, 15) is 4.39 Å². The van der Waals surface area contributed by atoms with Gasteiger partial charge < -0.3 is 0 Å². The van der Waals surface area contributed by atoms with Crippen LogP contribution in [0, 0.1) is 12.7 Å². The Kier molecular flexibility index (Phi) is 5.13. The normalized spacial score (nSPS) is 11.0. The summed E-state index contributed by atoms with van der Waals surface area (Å²) in [5, 5.41) is 0.874. The number of rotatable bonds is 5. The van der Waals surface area contributed by atoms with Gasteiger partial charge in [-0.15, -0.1) is 0 Å². The van der Waals surface area contributed by atoms with E-state index in [1.54, 1.807) is 27.4 Å². The van der Waals surface area contributed by atoms with E-state index in [0.717, 1.165) is 25.5 Å². The van der Waals surface area contributed by atoms with Crippen molar-refractivity contribution in [3.63, 3.8) is 0 Å². The van der Waals surface area contributed by atoms with Gasteiger partial charge in [-0.3, -0.25) is 0 Å². The van der Waals surface area contributed by atoms with E-state index < -0.39 is 5.82 Å². The van der Waals surface area contributed by atoms with Gasteiger partial charge in [-0.1, -0.05) is 0 Å². The Balaban J connectivity index is 2.13. The second-order valence-electron chi connectivity index (χ2n) is 5.33. The van der Waals surface area contributed by atoms with Crippen LogP contribution in [-0.2, 0) is 0 Å². The van der Waals surface area contributed by atoms with Crippen molar-refractivity contribution < 1.29 is 18.6 Å². The molecule has 1 N–H and O–H groups in total. The molecule has 0 unspecified atom stereocenters. The molecule has 0 spiro atoms. The fraction of sp³-hybridized carbons (Fsp3) is 0.222. The quantitative estimate of drug-likeness (QED) is 0.636. The van der Waals surface area contributed by atoms with Crippen molar-refractivity contribution >= 4 is 46.4 Å². The zero-order valence-electron chi connectivity index (χ0n) is 14.2. The molecule has 1 aromatic heterocycles. The Hall–Kier alpha value is -1.88. The van der Waals surface area contributed by atoms with Gasteiger partial charge in [0.2, 0.25) is 0 Å². The first kappa shape index (κ1) is 17.9. The molecule has 1 heterocycles. The molecule has 2 aromatic carbocycles. The van der Waals surface area contributed by atoms with E-state index in [1.807, 2.05) is 19.1 Å². The molecule has 25 heavy (non-hydrogen) atoms. The van der Waals surface area contributed by atoms with Gasteiger partial charge in [-0.05, 0) is 0 Å². The summed E-state index contributed by atoms with van der Waals surface area (Å²) in [6, 6.07) is 6.90. The predicted octanol–water partition coefficient (Wildman–Crippen LogP) is 2.95. The van der Waals surface area contributed by atoms with E-state index >= 15 is 0 Å². The maximum absolute atomic E-state index is 13.9. The Morgan fingerprint density at radius 1 is 1.04 bits per heavy atom. The summed E-state index contributed by atoms with van der Waals surface area (Å²) in [6.45, 7) is 1.96. The van der Waals surface area contributed by atoms with Crippen LogP contribution < -0.4 is 23.1 Å². The molecule has 0 fully saturated rings. The minimum atomic E-state index is -0.421. The van der Waals surface area contributed by atoms with Crippen molar-refractivity contribution in [1.82, 2.24) is 4.98 Å². The van der Waals surface area contributed by atoms with Crippen LogP contribution in [0.1, 0.15) is 5.69 Å². The van der Waals surface area contributed by atoms with Gasteiger partial charge in [0.25, 0.3) is 0 Å². The Morgan fingerprint density at radius 3 is 2.24 bits per heavy atom. The molecule has 7 heteroatoms. The van der Waals surface area contributed by atoms with Gasteiger partial charge in [0.05, 0.1) is 0 Å². The SMILES string of the molecule is COc1cc([Se]c2c(C)[nH]c3ccc(F)c(Cl)c23)cc(OC)c1OC. The van der Waals surface area contributed by atoms with E-state index in [-0.39, 0.29) is 20.0 Å². The summed E-state index contributed by atoms with van der Waals surface area (Å²) in [7, 11) is 4.73. The molecule has 132 valence electrons. The summed E-state index contributed by atoms with van der Waals surface area (Å²) >= 11 is 6.09. The Bertz CT molecular complexity index is 917. The van der Waals surface area contributed by atoms with Crippen LogP contribution in [0.25, 0.3) is 10.9 Å². The van der Waals surface area contributed by atoms with E-state index in [4.69, 9.17) is 25.8 Å². The molecular weight excluding hydrogens is 412 g/mol. The summed E-state index contributed by atoms with van der Waals surface area (Å²) in [4.78, 5) is 3.27. The standard InChI is InChI=1S/C18H17ClFNO3Se/c1-9-18(15-12(21-9)6-5-11(20)16(15)19)25-10-7-13(22-2)17(24-4)14(8-10)23-3/h5-8,21H,1-4H3. The third kappa shape index (κ3) is 3.17. The van der Waals surface area contributed by atoms with Crippen LogP contribution in [0.3, 0.4) is 0 Å². The summed E-state index contributed by atoms with van der Waals surface area (Å²) in [6.07, 6.45) is 0. The van der Waals surface area contributed by atoms with E-state index in [2.05, 4.69) is 4.98 Å². The van der Waals surface area contributed by atoms with Crippen molar-refractivity contribution in [3.8, 4) is 17.2 Å². The van der Waals surface area contributed by atoms with Crippen LogP contribution >= 0.6 is 11.6 Å². The van der Waals surface area contributed by atoms with Crippen molar-refractivity contribution in [2.45, 2.75) is 6.92 Å². The number of aryl methyl sites for hydroxylation is 1. The molecule has 0 saturated heterocycles. The Labute approximate surface area is 156 Å². The molecular formula is C18H17ClFNO3Se. The summed E-state index contributed by atoms with van der Waals surface area (Å²) < 4.78 is 32.1. The second-order valence-corrected chi connectivity index (χ2v) is 7.98. The summed E-state index contributed by atoms with van der Waals surface area (Å²) in [5.74, 6) is 1.31. The first-order valence-electron chi connectivity index (χ1n) is 7.44. The predicted molar refractivity (Wildman–Crippen MR) is 99.1 cm³/mol. The average molecular weight is 429 g/mol. The average Bonchev–Trinajstić information content (AvgIpc) is 2.93. The number of nitrogens with one attached hydrogen (secondary N) is 1. The molecule has 0 atom stereocenters.